The number of aliphatic hydroxyl groups is 4. The van der Waals surface area contributed by atoms with E-state index in [0.29, 0.717) is 9.80 Å². The summed E-state index contributed by atoms with van der Waals surface area (Å²) in [6, 6.07) is -1.10. The van der Waals surface area contributed by atoms with E-state index in [1.165, 1.54) is 0 Å². The quantitative estimate of drug-likeness (QED) is 0.303. The van der Waals surface area contributed by atoms with E-state index in [9.17, 15) is 14.4 Å². The van der Waals surface area contributed by atoms with Gasteiger partial charge in [0.15, 0.2) is 12.6 Å². The molecule has 0 aromatic carbocycles. The van der Waals surface area contributed by atoms with Gasteiger partial charge in [-0.25, -0.2) is 4.79 Å². The minimum Gasteiger partial charge on any atom is -0.367 e. The Morgan fingerprint density at radius 1 is 0.882 bits per heavy atom. The molecule has 1 heterocycles. The maximum absolute atomic E-state index is 11.6. The molecule has 0 bridgehead atoms. The predicted molar refractivity (Wildman–Crippen MR) is 49.9 cm³/mol. The third kappa shape index (κ3) is 3.20. The number of carbonyl (C=O) groups is 3. The Kier molecular flexibility index (Phi) is 4.12. The third-order valence-corrected chi connectivity index (χ3v) is 2.06. The van der Waals surface area contributed by atoms with Gasteiger partial charge in [0, 0.05) is 0 Å². The average Bonchev–Trinajstić information content (AvgIpc) is 2.18. The Hall–Kier alpha value is -1.55. The first kappa shape index (κ1) is 13.5. The molecule has 0 unspecified atom stereocenters. The van der Waals surface area contributed by atoms with Gasteiger partial charge >= 0.3 is 6.03 Å². The second kappa shape index (κ2) is 5.19. The minimum absolute atomic E-state index is 0.467. The topological polar surface area (TPSA) is 139 Å². The number of urea groups is 1. The monoisotopic (exact) mass is 248 g/mol. The minimum atomic E-state index is -1.92. The van der Waals surface area contributed by atoms with Crippen molar-refractivity contribution in [1.29, 1.82) is 0 Å². The van der Waals surface area contributed by atoms with Crippen LogP contribution in [0, 0.1) is 0 Å². The molecule has 0 aromatic rings. The number of carbonyl (C=O) groups excluding carboxylic acids is 3. The predicted octanol–water partition coefficient (Wildman–Crippen LogP) is -3.21. The smallest absolute Gasteiger partial charge is 0.333 e. The first-order valence-electron chi connectivity index (χ1n) is 4.70. The highest BCUT2D eigenvalue weighted by Crippen LogP contribution is 2.12. The summed E-state index contributed by atoms with van der Waals surface area (Å²) in [5.41, 5.74) is 0. The third-order valence-electron chi connectivity index (χ3n) is 2.06. The number of amides is 4. The van der Waals surface area contributed by atoms with Crippen molar-refractivity contribution in [2.45, 2.75) is 19.0 Å². The second-order valence-corrected chi connectivity index (χ2v) is 3.43. The summed E-state index contributed by atoms with van der Waals surface area (Å²) in [4.78, 5) is 35.1. The second-order valence-electron chi connectivity index (χ2n) is 3.43. The van der Waals surface area contributed by atoms with Gasteiger partial charge in [0.2, 0.25) is 11.8 Å². The largest absolute Gasteiger partial charge is 0.367 e. The van der Waals surface area contributed by atoms with Crippen molar-refractivity contribution in [2.75, 3.05) is 13.1 Å². The summed E-state index contributed by atoms with van der Waals surface area (Å²) in [5, 5.41) is 34.7. The van der Waals surface area contributed by atoms with Crippen LogP contribution in [-0.2, 0) is 9.59 Å². The van der Waals surface area contributed by atoms with Crippen molar-refractivity contribution in [3.63, 3.8) is 0 Å². The van der Waals surface area contributed by atoms with Gasteiger partial charge in [-0.2, -0.15) is 0 Å². The fraction of sp³-hybridized carbons (Fsp3) is 0.625. The lowest BCUT2D eigenvalue weighted by molar-refractivity contribution is -0.150. The van der Waals surface area contributed by atoms with Crippen molar-refractivity contribution >= 4 is 17.8 Å². The van der Waals surface area contributed by atoms with Crippen LogP contribution < -0.4 is 0 Å². The van der Waals surface area contributed by atoms with Crippen LogP contribution in [0.25, 0.3) is 0 Å². The molecule has 1 aliphatic heterocycles. The van der Waals surface area contributed by atoms with E-state index < -0.39 is 49.9 Å². The van der Waals surface area contributed by atoms with E-state index in [0.717, 1.165) is 0 Å². The van der Waals surface area contributed by atoms with Crippen LogP contribution in [0.1, 0.15) is 6.42 Å². The van der Waals surface area contributed by atoms with Crippen LogP contribution in [-0.4, -0.2) is 73.7 Å². The molecule has 0 atom stereocenters. The average molecular weight is 248 g/mol. The zero-order valence-corrected chi connectivity index (χ0v) is 8.68. The molecule has 1 saturated heterocycles. The summed E-state index contributed by atoms with van der Waals surface area (Å²) >= 11 is 0. The number of rotatable bonds is 4. The van der Waals surface area contributed by atoms with Crippen LogP contribution in [0.15, 0.2) is 0 Å². The van der Waals surface area contributed by atoms with Crippen molar-refractivity contribution in [2.24, 2.45) is 0 Å². The van der Waals surface area contributed by atoms with Crippen LogP contribution in [0.5, 0.6) is 0 Å². The fourth-order valence-electron chi connectivity index (χ4n) is 1.37. The number of aliphatic hydroxyl groups excluding tert-OH is 2. The highest BCUT2D eigenvalue weighted by molar-refractivity contribution is 6.14. The molecule has 0 aromatic heterocycles. The molecule has 0 radical (unpaired) electrons. The Morgan fingerprint density at radius 2 is 1.24 bits per heavy atom. The molecule has 17 heavy (non-hydrogen) atoms. The molecule has 96 valence electrons. The standard InChI is InChI=1S/C8H12N2O7/c11-4-1-5(12)10(3-7(15)16)8(17)9(4)2-6(13)14/h6-7,13-16H,1-3H2. The van der Waals surface area contributed by atoms with E-state index in [4.69, 9.17) is 20.4 Å². The van der Waals surface area contributed by atoms with Gasteiger partial charge in [0.25, 0.3) is 0 Å². The van der Waals surface area contributed by atoms with E-state index in [-0.39, 0.29) is 0 Å². The van der Waals surface area contributed by atoms with Gasteiger partial charge in [-0.1, -0.05) is 0 Å². The molecule has 1 rings (SSSR count). The Bertz CT molecular complexity index is 311. The number of hydrogen-bond acceptors (Lipinski definition) is 7. The molecule has 0 saturated carbocycles. The van der Waals surface area contributed by atoms with Gasteiger partial charge in [-0.15, -0.1) is 0 Å². The Balaban J connectivity index is 2.83. The summed E-state index contributed by atoms with van der Waals surface area (Å²) in [5.74, 6) is -1.73. The first-order chi connectivity index (χ1) is 7.82. The summed E-state index contributed by atoms with van der Waals surface area (Å²) in [6.45, 7) is -1.36. The molecule has 0 aliphatic carbocycles. The van der Waals surface area contributed by atoms with Crippen molar-refractivity contribution in [1.82, 2.24) is 9.80 Å². The normalized spacial score (nSPS) is 17.6. The number of hydrogen-bond donors (Lipinski definition) is 4. The highest BCUT2D eigenvalue weighted by Gasteiger charge is 2.39. The maximum Gasteiger partial charge on any atom is 0.333 e. The molecule has 0 spiro atoms. The number of barbiturate groups is 1. The lowest BCUT2D eigenvalue weighted by atomic mass is 10.2. The van der Waals surface area contributed by atoms with E-state index in [1.54, 1.807) is 0 Å². The Labute approximate surface area is 95.5 Å². The van der Waals surface area contributed by atoms with Gasteiger partial charge in [-0.05, 0) is 0 Å². The SMILES string of the molecule is O=C1CC(=O)N(CC(O)O)C(=O)N1CC(O)O. The van der Waals surface area contributed by atoms with E-state index in [1.807, 2.05) is 0 Å². The molecule has 9 nitrogen and oxygen atoms in total. The van der Waals surface area contributed by atoms with Crippen molar-refractivity contribution < 1.29 is 34.8 Å². The number of nitrogens with zero attached hydrogens (tertiary/aromatic N) is 2. The maximum atomic E-state index is 11.6. The van der Waals surface area contributed by atoms with Crippen LogP contribution in [0.4, 0.5) is 4.79 Å². The Morgan fingerprint density at radius 3 is 1.53 bits per heavy atom. The van der Waals surface area contributed by atoms with E-state index in [2.05, 4.69) is 0 Å². The lowest BCUT2D eigenvalue weighted by Crippen LogP contribution is -2.58. The fourth-order valence-corrected chi connectivity index (χ4v) is 1.37. The molecule has 4 amide bonds. The summed E-state index contributed by atoms with van der Waals surface area (Å²) in [6.07, 6.45) is -4.47. The van der Waals surface area contributed by atoms with Gasteiger partial charge in [0.05, 0.1) is 13.1 Å². The summed E-state index contributed by atoms with van der Waals surface area (Å²) < 4.78 is 0. The van der Waals surface area contributed by atoms with Crippen LogP contribution >= 0.6 is 0 Å². The molecule has 1 aliphatic rings. The zero-order valence-electron chi connectivity index (χ0n) is 8.68. The highest BCUT2D eigenvalue weighted by atomic mass is 16.5. The molecule has 9 heteroatoms. The molecule has 1 fully saturated rings. The first-order valence-corrected chi connectivity index (χ1v) is 4.70. The van der Waals surface area contributed by atoms with Crippen molar-refractivity contribution in [3.8, 4) is 0 Å². The van der Waals surface area contributed by atoms with Crippen LogP contribution in [0.3, 0.4) is 0 Å². The molecular weight excluding hydrogens is 236 g/mol. The van der Waals surface area contributed by atoms with Gasteiger partial charge in [-0.3, -0.25) is 19.4 Å². The van der Waals surface area contributed by atoms with E-state index >= 15 is 0 Å². The van der Waals surface area contributed by atoms with Gasteiger partial charge < -0.3 is 20.4 Å². The van der Waals surface area contributed by atoms with Gasteiger partial charge in [0.1, 0.15) is 6.42 Å². The zero-order chi connectivity index (χ0) is 13.2. The lowest BCUT2D eigenvalue weighted by Gasteiger charge is -2.33. The van der Waals surface area contributed by atoms with Crippen LogP contribution in [0.2, 0.25) is 0 Å². The number of imide groups is 2. The molecule has 4 N–H and O–H groups in total. The number of β-amino-alcohol motifs (C(OH)–C–C–N with tert-alkyl or cyclic N) is 4. The molecular formula is C8H12N2O7. The summed E-state index contributed by atoms with van der Waals surface area (Å²) in [7, 11) is 0. The van der Waals surface area contributed by atoms with Crippen molar-refractivity contribution in [3.05, 3.63) is 0 Å².